The highest BCUT2D eigenvalue weighted by Crippen LogP contribution is 2.44. The van der Waals surface area contributed by atoms with E-state index in [2.05, 4.69) is 77.3 Å². The van der Waals surface area contributed by atoms with Crippen molar-refractivity contribution in [1.29, 1.82) is 0 Å². The Bertz CT molecular complexity index is 754. The van der Waals surface area contributed by atoms with Crippen LogP contribution in [0.1, 0.15) is 37.4 Å². The lowest BCUT2D eigenvalue weighted by atomic mass is 9.95. The summed E-state index contributed by atoms with van der Waals surface area (Å²) in [6.07, 6.45) is 0.911. The van der Waals surface area contributed by atoms with E-state index in [1.165, 1.54) is 11.1 Å². The highest BCUT2D eigenvalue weighted by Gasteiger charge is 2.41. The van der Waals surface area contributed by atoms with Gasteiger partial charge in [0.25, 0.3) is 0 Å². The van der Waals surface area contributed by atoms with Crippen molar-refractivity contribution in [2.45, 2.75) is 32.5 Å². The van der Waals surface area contributed by atoms with Crippen LogP contribution in [0.15, 0.2) is 58.1 Å². The summed E-state index contributed by atoms with van der Waals surface area (Å²) in [4.78, 5) is 0. The normalized spacial score (nSPS) is 22.4. The largest absolute Gasteiger partial charge is 0.468 e. The van der Waals surface area contributed by atoms with Gasteiger partial charge in [-0.25, -0.2) is 5.01 Å². The Morgan fingerprint density at radius 2 is 1.87 bits per heavy atom. The molecule has 0 amide bonds. The molecule has 0 fully saturated rings. The van der Waals surface area contributed by atoms with Crippen LogP contribution in [0.4, 0.5) is 0 Å². The number of rotatable bonds is 2. The minimum atomic E-state index is -0.0113. The molecule has 118 valence electrons. The van der Waals surface area contributed by atoms with Crippen LogP contribution in [0.25, 0.3) is 0 Å². The van der Waals surface area contributed by atoms with Gasteiger partial charge in [0.1, 0.15) is 5.75 Å². The molecule has 23 heavy (non-hydrogen) atoms. The van der Waals surface area contributed by atoms with E-state index >= 15 is 0 Å². The van der Waals surface area contributed by atoms with E-state index in [1.54, 1.807) is 0 Å². The first-order valence-electron chi connectivity index (χ1n) is 8.01. The zero-order valence-electron chi connectivity index (χ0n) is 13.2. The lowest BCUT2D eigenvalue weighted by Gasteiger charge is -2.39. The smallest absolute Gasteiger partial charge is 0.190 e. The highest BCUT2D eigenvalue weighted by molar-refractivity contribution is 9.10. The SMILES string of the molecule is CC(C)C1Oc2ccccc2C2CC(c3ccc(Br)cc3)=NN21. The molecule has 0 saturated heterocycles. The summed E-state index contributed by atoms with van der Waals surface area (Å²) >= 11 is 3.49. The Hall–Kier alpha value is -1.81. The Morgan fingerprint density at radius 1 is 1.13 bits per heavy atom. The Labute approximate surface area is 145 Å². The van der Waals surface area contributed by atoms with Gasteiger partial charge in [-0.05, 0) is 23.8 Å². The van der Waals surface area contributed by atoms with Crippen molar-refractivity contribution in [3.8, 4) is 5.75 Å². The molecule has 2 atom stereocenters. The van der Waals surface area contributed by atoms with Crippen molar-refractivity contribution >= 4 is 21.6 Å². The zero-order valence-corrected chi connectivity index (χ0v) is 14.8. The first-order chi connectivity index (χ1) is 11.1. The standard InChI is InChI=1S/C19H19BrN2O/c1-12(2)19-22-17(15-5-3-4-6-18(15)23-19)11-16(21-22)13-7-9-14(20)10-8-13/h3-10,12,17,19H,11H2,1-2H3. The summed E-state index contributed by atoms with van der Waals surface area (Å²) in [5.74, 6) is 1.37. The van der Waals surface area contributed by atoms with E-state index in [0.29, 0.717) is 5.92 Å². The number of fused-ring (bicyclic) bond motifs is 3. The van der Waals surface area contributed by atoms with Gasteiger partial charge in [-0.1, -0.05) is 60.1 Å². The van der Waals surface area contributed by atoms with Crippen LogP contribution in [0.2, 0.25) is 0 Å². The summed E-state index contributed by atoms with van der Waals surface area (Å²) in [7, 11) is 0. The molecule has 0 aliphatic carbocycles. The van der Waals surface area contributed by atoms with Crippen LogP contribution in [-0.2, 0) is 0 Å². The molecule has 4 rings (SSSR count). The minimum absolute atomic E-state index is 0.0113. The van der Waals surface area contributed by atoms with E-state index in [4.69, 9.17) is 9.84 Å². The number of nitrogens with zero attached hydrogens (tertiary/aromatic N) is 2. The van der Waals surface area contributed by atoms with Gasteiger partial charge in [0.2, 0.25) is 0 Å². The number of halogens is 1. The first-order valence-corrected chi connectivity index (χ1v) is 8.80. The third kappa shape index (κ3) is 2.55. The molecule has 0 spiro atoms. The predicted octanol–water partition coefficient (Wildman–Crippen LogP) is 4.97. The second-order valence-electron chi connectivity index (χ2n) is 6.44. The number of hydrogen-bond donors (Lipinski definition) is 0. The van der Waals surface area contributed by atoms with Gasteiger partial charge in [-0.2, -0.15) is 5.10 Å². The van der Waals surface area contributed by atoms with Gasteiger partial charge in [-0.3, -0.25) is 0 Å². The average Bonchev–Trinajstić information content (AvgIpc) is 3.00. The van der Waals surface area contributed by atoms with Crippen LogP contribution in [0, 0.1) is 5.92 Å². The Kier molecular flexibility index (Phi) is 3.64. The molecule has 0 radical (unpaired) electrons. The molecular weight excluding hydrogens is 352 g/mol. The topological polar surface area (TPSA) is 24.8 Å². The molecule has 4 heteroatoms. The molecule has 2 aromatic carbocycles. The lowest BCUT2D eigenvalue weighted by molar-refractivity contribution is -0.0461. The van der Waals surface area contributed by atoms with Crippen molar-refractivity contribution in [3.63, 3.8) is 0 Å². The van der Waals surface area contributed by atoms with Crippen molar-refractivity contribution in [2.24, 2.45) is 11.0 Å². The summed E-state index contributed by atoms with van der Waals surface area (Å²) in [6, 6.07) is 17.0. The molecule has 0 aromatic heterocycles. The van der Waals surface area contributed by atoms with Crippen LogP contribution in [0.5, 0.6) is 5.75 Å². The zero-order chi connectivity index (χ0) is 16.0. The minimum Gasteiger partial charge on any atom is -0.468 e. The lowest BCUT2D eigenvalue weighted by Crippen LogP contribution is -2.43. The van der Waals surface area contributed by atoms with Gasteiger partial charge in [0.05, 0.1) is 11.8 Å². The van der Waals surface area contributed by atoms with Gasteiger partial charge in [-0.15, -0.1) is 0 Å². The molecule has 0 bridgehead atoms. The molecular formula is C19H19BrN2O. The molecule has 2 aromatic rings. The summed E-state index contributed by atoms with van der Waals surface area (Å²) in [5.41, 5.74) is 3.55. The maximum absolute atomic E-state index is 6.22. The fraction of sp³-hybridized carbons (Fsp3) is 0.316. The fourth-order valence-corrected chi connectivity index (χ4v) is 3.58. The first kappa shape index (κ1) is 14.8. The summed E-state index contributed by atoms with van der Waals surface area (Å²) in [6.45, 7) is 4.37. The number of hydrogen-bond acceptors (Lipinski definition) is 3. The number of benzene rings is 2. The summed E-state index contributed by atoms with van der Waals surface area (Å²) < 4.78 is 7.31. The molecule has 2 aliphatic heterocycles. The van der Waals surface area contributed by atoms with Crippen LogP contribution in [0.3, 0.4) is 0 Å². The maximum atomic E-state index is 6.22. The predicted molar refractivity (Wildman–Crippen MR) is 95.6 cm³/mol. The van der Waals surface area contributed by atoms with Gasteiger partial charge in [0, 0.05) is 22.4 Å². The van der Waals surface area contributed by atoms with Crippen LogP contribution >= 0.6 is 15.9 Å². The molecule has 2 aliphatic rings. The van der Waals surface area contributed by atoms with Crippen molar-refractivity contribution in [1.82, 2.24) is 5.01 Å². The quantitative estimate of drug-likeness (QED) is 0.744. The van der Waals surface area contributed by atoms with Crippen LogP contribution < -0.4 is 4.74 Å². The second kappa shape index (κ2) is 5.68. The molecule has 3 nitrogen and oxygen atoms in total. The van der Waals surface area contributed by atoms with E-state index in [1.807, 2.05) is 6.07 Å². The highest BCUT2D eigenvalue weighted by atomic mass is 79.9. The maximum Gasteiger partial charge on any atom is 0.190 e. The third-order valence-corrected chi connectivity index (χ3v) is 5.01. The molecule has 2 heterocycles. The summed E-state index contributed by atoms with van der Waals surface area (Å²) in [5, 5.41) is 7.08. The van der Waals surface area contributed by atoms with E-state index in [-0.39, 0.29) is 12.3 Å². The molecule has 0 saturated carbocycles. The molecule has 0 N–H and O–H groups in total. The van der Waals surface area contributed by atoms with E-state index in [0.717, 1.165) is 22.4 Å². The third-order valence-electron chi connectivity index (χ3n) is 4.48. The van der Waals surface area contributed by atoms with Gasteiger partial charge < -0.3 is 4.74 Å². The average molecular weight is 371 g/mol. The monoisotopic (exact) mass is 370 g/mol. The number of hydrazone groups is 1. The van der Waals surface area contributed by atoms with Crippen molar-refractivity contribution < 1.29 is 4.74 Å². The molecule has 2 unspecified atom stereocenters. The van der Waals surface area contributed by atoms with E-state index < -0.39 is 0 Å². The van der Waals surface area contributed by atoms with Gasteiger partial charge >= 0.3 is 0 Å². The van der Waals surface area contributed by atoms with Gasteiger partial charge in [0.15, 0.2) is 6.23 Å². The van der Waals surface area contributed by atoms with Crippen molar-refractivity contribution in [3.05, 3.63) is 64.1 Å². The fourth-order valence-electron chi connectivity index (χ4n) is 3.32. The van der Waals surface area contributed by atoms with Crippen LogP contribution in [-0.4, -0.2) is 16.9 Å². The Balaban J connectivity index is 1.74. The second-order valence-corrected chi connectivity index (χ2v) is 7.36. The van der Waals surface area contributed by atoms with E-state index in [9.17, 15) is 0 Å². The number of ether oxygens (including phenoxy) is 1. The number of para-hydroxylation sites is 1. The Morgan fingerprint density at radius 3 is 2.61 bits per heavy atom. The van der Waals surface area contributed by atoms with Crippen molar-refractivity contribution in [2.75, 3.05) is 0 Å².